The van der Waals surface area contributed by atoms with Crippen molar-refractivity contribution in [1.82, 2.24) is 14.9 Å². The lowest BCUT2D eigenvalue weighted by molar-refractivity contribution is 0.212. The van der Waals surface area contributed by atoms with Crippen LogP contribution < -0.4 is 4.74 Å². The smallest absolute Gasteiger partial charge is 0.316 e. The van der Waals surface area contributed by atoms with Gasteiger partial charge in [0.2, 0.25) is 0 Å². The Kier molecular flexibility index (Phi) is 6.20. The Morgan fingerprint density at radius 1 is 1.19 bits per heavy atom. The SMILES string of the molecule is CCN(CC)CCOc1ncc(C#Cc2cccs2)cn1. The van der Waals surface area contributed by atoms with Crippen LogP contribution in [0.5, 0.6) is 6.01 Å². The molecular weight excluding hydrogens is 282 g/mol. The van der Waals surface area contributed by atoms with Crippen LogP contribution in [0.15, 0.2) is 29.9 Å². The Bertz CT molecular complexity index is 580. The molecule has 0 aromatic carbocycles. The molecule has 0 N–H and O–H groups in total. The zero-order valence-electron chi connectivity index (χ0n) is 12.4. The van der Waals surface area contributed by atoms with Gasteiger partial charge in [-0.05, 0) is 24.5 Å². The first kappa shape index (κ1) is 15.5. The Morgan fingerprint density at radius 2 is 1.95 bits per heavy atom. The number of thiophene rings is 1. The molecule has 2 aromatic heterocycles. The van der Waals surface area contributed by atoms with Crippen molar-refractivity contribution in [3.8, 4) is 17.9 Å². The lowest BCUT2D eigenvalue weighted by Gasteiger charge is -2.17. The molecule has 0 bridgehead atoms. The summed E-state index contributed by atoms with van der Waals surface area (Å²) >= 11 is 1.62. The van der Waals surface area contributed by atoms with Crippen LogP contribution in [0.1, 0.15) is 24.3 Å². The summed E-state index contributed by atoms with van der Waals surface area (Å²) in [5.74, 6) is 6.11. The minimum atomic E-state index is 0.406. The molecule has 0 radical (unpaired) electrons. The van der Waals surface area contributed by atoms with Gasteiger partial charge >= 0.3 is 6.01 Å². The normalized spacial score (nSPS) is 10.2. The molecule has 4 nitrogen and oxygen atoms in total. The maximum Gasteiger partial charge on any atom is 0.316 e. The van der Waals surface area contributed by atoms with E-state index in [2.05, 4.69) is 40.6 Å². The molecule has 0 unspecified atom stereocenters. The average molecular weight is 301 g/mol. The van der Waals surface area contributed by atoms with E-state index >= 15 is 0 Å². The molecule has 2 rings (SSSR count). The average Bonchev–Trinajstić information content (AvgIpc) is 3.04. The highest BCUT2D eigenvalue weighted by Gasteiger charge is 2.01. The monoisotopic (exact) mass is 301 g/mol. The minimum Gasteiger partial charge on any atom is -0.462 e. The van der Waals surface area contributed by atoms with Crippen molar-refractivity contribution >= 4 is 11.3 Å². The van der Waals surface area contributed by atoms with E-state index in [4.69, 9.17) is 4.74 Å². The van der Waals surface area contributed by atoms with Gasteiger partial charge in [0, 0.05) is 18.9 Å². The van der Waals surface area contributed by atoms with E-state index in [0.29, 0.717) is 12.6 Å². The van der Waals surface area contributed by atoms with Gasteiger partial charge in [-0.15, -0.1) is 11.3 Å². The first-order valence-corrected chi connectivity index (χ1v) is 7.92. The quantitative estimate of drug-likeness (QED) is 0.769. The van der Waals surface area contributed by atoms with Crippen LogP contribution in [0.4, 0.5) is 0 Å². The number of likely N-dealkylation sites (N-methyl/N-ethyl adjacent to an activating group) is 1. The summed E-state index contributed by atoms with van der Waals surface area (Å²) in [5.41, 5.74) is 0.791. The first-order chi connectivity index (χ1) is 10.3. The predicted molar refractivity (Wildman–Crippen MR) is 85.6 cm³/mol. The summed E-state index contributed by atoms with van der Waals surface area (Å²) in [4.78, 5) is 11.7. The molecule has 110 valence electrons. The number of hydrogen-bond acceptors (Lipinski definition) is 5. The fourth-order valence-corrected chi connectivity index (χ4v) is 2.32. The van der Waals surface area contributed by atoms with E-state index in [1.165, 1.54) is 0 Å². The molecule has 0 fully saturated rings. The van der Waals surface area contributed by atoms with Crippen molar-refractivity contribution in [2.24, 2.45) is 0 Å². The summed E-state index contributed by atoms with van der Waals surface area (Å²) in [5, 5.41) is 2.01. The van der Waals surface area contributed by atoms with Crippen molar-refractivity contribution in [3.63, 3.8) is 0 Å². The van der Waals surface area contributed by atoms with Gasteiger partial charge in [-0.25, -0.2) is 9.97 Å². The van der Waals surface area contributed by atoms with Crippen LogP contribution >= 0.6 is 11.3 Å². The molecule has 0 aliphatic heterocycles. The van der Waals surface area contributed by atoms with Crippen LogP contribution in [0.3, 0.4) is 0 Å². The van der Waals surface area contributed by atoms with Crippen molar-refractivity contribution in [1.29, 1.82) is 0 Å². The van der Waals surface area contributed by atoms with Crippen LogP contribution in [0, 0.1) is 11.8 Å². The van der Waals surface area contributed by atoms with Gasteiger partial charge in [-0.1, -0.05) is 31.8 Å². The minimum absolute atomic E-state index is 0.406. The standard InChI is InChI=1S/C16H19N3OS/c1-3-19(4-2)9-10-20-16-17-12-14(13-18-16)7-8-15-6-5-11-21-15/h5-6,11-13H,3-4,9-10H2,1-2H3. The molecule has 2 heterocycles. The lowest BCUT2D eigenvalue weighted by Crippen LogP contribution is -2.28. The second kappa shape index (κ2) is 8.40. The Balaban J connectivity index is 1.84. The fraction of sp³-hybridized carbons (Fsp3) is 0.375. The van der Waals surface area contributed by atoms with Gasteiger partial charge in [0.25, 0.3) is 0 Å². The maximum absolute atomic E-state index is 5.54. The van der Waals surface area contributed by atoms with Gasteiger partial charge in [-0.2, -0.15) is 0 Å². The summed E-state index contributed by atoms with van der Waals surface area (Å²) in [6.45, 7) is 7.82. The zero-order chi connectivity index (χ0) is 14.9. The number of nitrogens with zero attached hydrogens (tertiary/aromatic N) is 3. The highest BCUT2D eigenvalue weighted by Crippen LogP contribution is 2.07. The Labute approximate surface area is 129 Å². The van der Waals surface area contributed by atoms with E-state index in [1.807, 2.05) is 17.5 Å². The second-order valence-electron chi connectivity index (χ2n) is 4.36. The molecule has 0 spiro atoms. The van der Waals surface area contributed by atoms with E-state index in [9.17, 15) is 0 Å². The van der Waals surface area contributed by atoms with Crippen LogP contribution in [-0.4, -0.2) is 41.1 Å². The number of rotatable bonds is 6. The summed E-state index contributed by atoms with van der Waals surface area (Å²) in [7, 11) is 0. The summed E-state index contributed by atoms with van der Waals surface area (Å²) < 4.78 is 5.54. The molecule has 21 heavy (non-hydrogen) atoms. The summed E-state index contributed by atoms with van der Waals surface area (Å²) in [6, 6.07) is 4.38. The molecule has 0 saturated carbocycles. The molecule has 2 aromatic rings. The molecule has 0 aliphatic rings. The third-order valence-electron chi connectivity index (χ3n) is 3.01. The summed E-state index contributed by atoms with van der Waals surface area (Å²) in [6.07, 6.45) is 3.39. The maximum atomic E-state index is 5.54. The van der Waals surface area contributed by atoms with Gasteiger partial charge < -0.3 is 9.64 Å². The van der Waals surface area contributed by atoms with Crippen molar-refractivity contribution in [3.05, 3.63) is 40.3 Å². The number of aromatic nitrogens is 2. The number of ether oxygens (including phenoxy) is 1. The third kappa shape index (κ3) is 5.18. The van der Waals surface area contributed by atoms with E-state index in [1.54, 1.807) is 23.7 Å². The Morgan fingerprint density at radius 3 is 2.57 bits per heavy atom. The second-order valence-corrected chi connectivity index (χ2v) is 5.30. The van der Waals surface area contributed by atoms with Crippen molar-refractivity contribution in [2.75, 3.05) is 26.2 Å². The third-order valence-corrected chi connectivity index (χ3v) is 3.80. The van der Waals surface area contributed by atoms with Gasteiger partial charge in [0.05, 0.1) is 10.4 Å². The predicted octanol–water partition coefficient (Wildman–Crippen LogP) is 2.66. The molecule has 5 heteroatoms. The highest BCUT2D eigenvalue weighted by molar-refractivity contribution is 7.10. The van der Waals surface area contributed by atoms with Gasteiger partial charge in [0.15, 0.2) is 0 Å². The molecule has 0 aliphatic carbocycles. The molecule has 0 amide bonds. The van der Waals surface area contributed by atoms with Crippen LogP contribution in [0.25, 0.3) is 0 Å². The van der Waals surface area contributed by atoms with Crippen LogP contribution in [-0.2, 0) is 0 Å². The van der Waals surface area contributed by atoms with Crippen molar-refractivity contribution in [2.45, 2.75) is 13.8 Å². The zero-order valence-corrected chi connectivity index (χ0v) is 13.2. The number of hydrogen-bond donors (Lipinski definition) is 0. The van der Waals surface area contributed by atoms with Crippen LogP contribution in [0.2, 0.25) is 0 Å². The fourth-order valence-electron chi connectivity index (χ4n) is 1.74. The molecule has 0 atom stereocenters. The Hall–Kier alpha value is -1.90. The van der Waals surface area contributed by atoms with E-state index in [0.717, 1.165) is 30.1 Å². The van der Waals surface area contributed by atoms with Gasteiger partial charge in [-0.3, -0.25) is 0 Å². The molecular formula is C16H19N3OS. The van der Waals surface area contributed by atoms with Gasteiger partial charge in [0.1, 0.15) is 6.61 Å². The highest BCUT2D eigenvalue weighted by atomic mass is 32.1. The van der Waals surface area contributed by atoms with E-state index < -0.39 is 0 Å². The topological polar surface area (TPSA) is 38.2 Å². The first-order valence-electron chi connectivity index (χ1n) is 7.04. The largest absolute Gasteiger partial charge is 0.462 e. The van der Waals surface area contributed by atoms with E-state index in [-0.39, 0.29) is 0 Å². The molecule has 0 saturated heterocycles. The lowest BCUT2D eigenvalue weighted by atomic mass is 10.3. The van der Waals surface area contributed by atoms with Crippen molar-refractivity contribution < 1.29 is 4.74 Å².